The first kappa shape index (κ1) is 9.70. The van der Waals surface area contributed by atoms with Gasteiger partial charge in [0.25, 0.3) is 0 Å². The van der Waals surface area contributed by atoms with Crippen molar-refractivity contribution < 1.29 is 4.74 Å². The van der Waals surface area contributed by atoms with Crippen molar-refractivity contribution in [1.82, 2.24) is 24.5 Å². The van der Waals surface area contributed by atoms with E-state index in [2.05, 4.69) is 15.2 Å². The number of ether oxygens (including phenoxy) is 1. The van der Waals surface area contributed by atoms with Crippen LogP contribution in [0.2, 0.25) is 0 Å². The third kappa shape index (κ3) is 2.15. The average molecular weight is 207 g/mol. The summed E-state index contributed by atoms with van der Waals surface area (Å²) >= 11 is 0. The van der Waals surface area contributed by atoms with Crippen LogP contribution < -0.4 is 4.74 Å². The van der Waals surface area contributed by atoms with E-state index in [0.29, 0.717) is 6.61 Å². The largest absolute Gasteiger partial charge is 0.482 e. The minimum Gasteiger partial charge on any atom is -0.482 e. The summed E-state index contributed by atoms with van der Waals surface area (Å²) in [5.74, 6) is 1.56. The van der Waals surface area contributed by atoms with Crippen LogP contribution in [0.4, 0.5) is 0 Å². The molecule has 0 spiro atoms. The zero-order chi connectivity index (χ0) is 10.7. The zero-order valence-electron chi connectivity index (χ0n) is 8.79. The van der Waals surface area contributed by atoms with E-state index in [1.807, 2.05) is 20.2 Å². The minimum atomic E-state index is 0.416. The summed E-state index contributed by atoms with van der Waals surface area (Å²) < 4.78 is 9.00. The number of rotatable bonds is 4. The van der Waals surface area contributed by atoms with Crippen LogP contribution in [-0.2, 0) is 20.2 Å². The molecule has 0 amide bonds. The lowest BCUT2D eigenvalue weighted by molar-refractivity contribution is 0.287. The Hall–Kier alpha value is -1.85. The topological polar surface area (TPSA) is 57.8 Å². The van der Waals surface area contributed by atoms with Gasteiger partial charge in [-0.15, -0.1) is 0 Å². The van der Waals surface area contributed by atoms with Crippen molar-refractivity contribution in [2.75, 3.05) is 0 Å². The Morgan fingerprint density at radius 2 is 2.27 bits per heavy atom. The normalized spacial score (nSPS) is 10.5. The number of hydrogen-bond donors (Lipinski definition) is 0. The standard InChI is InChI=1S/C9H13N5O/c1-3-14-9(10-7-12-14)6-15-8-4-11-13(2)5-8/h4-5,7H,3,6H2,1-2H3. The molecule has 0 saturated carbocycles. The third-order valence-electron chi connectivity index (χ3n) is 2.04. The Kier molecular flexibility index (Phi) is 2.66. The Bertz CT molecular complexity index is 433. The molecular formula is C9H13N5O. The smallest absolute Gasteiger partial charge is 0.164 e. The predicted molar refractivity (Wildman–Crippen MR) is 53.2 cm³/mol. The second-order valence-corrected chi connectivity index (χ2v) is 3.13. The van der Waals surface area contributed by atoms with Gasteiger partial charge < -0.3 is 4.74 Å². The fourth-order valence-electron chi connectivity index (χ4n) is 1.29. The molecule has 6 nitrogen and oxygen atoms in total. The molecule has 0 radical (unpaired) electrons. The van der Waals surface area contributed by atoms with E-state index in [9.17, 15) is 0 Å². The molecule has 0 unspecified atom stereocenters. The highest BCUT2D eigenvalue weighted by Crippen LogP contribution is 2.09. The molecule has 2 aromatic rings. The number of hydrogen-bond acceptors (Lipinski definition) is 4. The van der Waals surface area contributed by atoms with Gasteiger partial charge in [-0.05, 0) is 6.92 Å². The Morgan fingerprint density at radius 1 is 1.40 bits per heavy atom. The molecule has 0 saturated heterocycles. The van der Waals surface area contributed by atoms with Crippen LogP contribution in [0.25, 0.3) is 0 Å². The van der Waals surface area contributed by atoms with E-state index < -0.39 is 0 Å². The lowest BCUT2D eigenvalue weighted by atomic mass is 10.6. The zero-order valence-corrected chi connectivity index (χ0v) is 8.79. The van der Waals surface area contributed by atoms with Crippen molar-refractivity contribution in [3.8, 4) is 5.75 Å². The first-order valence-electron chi connectivity index (χ1n) is 4.77. The van der Waals surface area contributed by atoms with Crippen molar-refractivity contribution >= 4 is 0 Å². The summed E-state index contributed by atoms with van der Waals surface area (Å²) in [5.41, 5.74) is 0. The Labute approximate surface area is 87.5 Å². The number of aryl methyl sites for hydroxylation is 2. The molecule has 0 aromatic carbocycles. The lowest BCUT2D eigenvalue weighted by Crippen LogP contribution is -2.06. The fourth-order valence-corrected chi connectivity index (χ4v) is 1.29. The first-order valence-corrected chi connectivity index (χ1v) is 4.77. The van der Waals surface area contributed by atoms with E-state index in [4.69, 9.17) is 4.74 Å². The molecular weight excluding hydrogens is 194 g/mol. The van der Waals surface area contributed by atoms with Crippen molar-refractivity contribution in [1.29, 1.82) is 0 Å². The molecule has 0 aliphatic heterocycles. The van der Waals surface area contributed by atoms with Gasteiger partial charge in [0, 0.05) is 13.6 Å². The summed E-state index contributed by atoms with van der Waals surface area (Å²) in [7, 11) is 1.85. The summed E-state index contributed by atoms with van der Waals surface area (Å²) in [5, 5.41) is 8.06. The van der Waals surface area contributed by atoms with E-state index in [1.165, 1.54) is 6.33 Å². The Balaban J connectivity index is 1.98. The van der Waals surface area contributed by atoms with Crippen molar-refractivity contribution in [3.63, 3.8) is 0 Å². The first-order chi connectivity index (χ1) is 7.29. The van der Waals surface area contributed by atoms with Crippen LogP contribution in [0.15, 0.2) is 18.7 Å². The van der Waals surface area contributed by atoms with E-state index >= 15 is 0 Å². The van der Waals surface area contributed by atoms with E-state index in [1.54, 1.807) is 15.6 Å². The molecule has 0 fully saturated rings. The van der Waals surface area contributed by atoms with Gasteiger partial charge >= 0.3 is 0 Å². The van der Waals surface area contributed by atoms with Crippen molar-refractivity contribution in [2.45, 2.75) is 20.1 Å². The molecule has 6 heteroatoms. The third-order valence-corrected chi connectivity index (χ3v) is 2.04. The molecule has 2 rings (SSSR count). The second kappa shape index (κ2) is 4.12. The maximum atomic E-state index is 5.51. The number of aromatic nitrogens is 5. The summed E-state index contributed by atoms with van der Waals surface area (Å²) in [6.45, 7) is 3.23. The molecule has 0 bridgehead atoms. The average Bonchev–Trinajstić information content (AvgIpc) is 2.83. The quantitative estimate of drug-likeness (QED) is 0.737. The van der Waals surface area contributed by atoms with Crippen molar-refractivity contribution in [3.05, 3.63) is 24.5 Å². The van der Waals surface area contributed by atoms with Gasteiger partial charge in [0.2, 0.25) is 0 Å². The second-order valence-electron chi connectivity index (χ2n) is 3.13. The van der Waals surface area contributed by atoms with Gasteiger partial charge in [-0.25, -0.2) is 9.67 Å². The minimum absolute atomic E-state index is 0.416. The lowest BCUT2D eigenvalue weighted by Gasteiger charge is -2.03. The van der Waals surface area contributed by atoms with Gasteiger partial charge in [-0.2, -0.15) is 10.2 Å². The maximum Gasteiger partial charge on any atom is 0.164 e. The molecule has 80 valence electrons. The molecule has 15 heavy (non-hydrogen) atoms. The monoisotopic (exact) mass is 207 g/mol. The highest BCUT2D eigenvalue weighted by molar-refractivity contribution is 5.11. The maximum absolute atomic E-state index is 5.51. The highest BCUT2D eigenvalue weighted by atomic mass is 16.5. The summed E-state index contributed by atoms with van der Waals surface area (Å²) in [4.78, 5) is 4.11. The van der Waals surface area contributed by atoms with Gasteiger partial charge in [0.15, 0.2) is 11.6 Å². The van der Waals surface area contributed by atoms with Gasteiger partial charge in [0.1, 0.15) is 12.9 Å². The van der Waals surface area contributed by atoms with Crippen LogP contribution in [-0.4, -0.2) is 24.5 Å². The Morgan fingerprint density at radius 3 is 2.93 bits per heavy atom. The summed E-state index contributed by atoms with van der Waals surface area (Å²) in [6.07, 6.45) is 5.02. The van der Waals surface area contributed by atoms with Gasteiger partial charge in [-0.1, -0.05) is 0 Å². The van der Waals surface area contributed by atoms with Gasteiger partial charge in [0.05, 0.1) is 12.4 Å². The van der Waals surface area contributed by atoms with Crippen LogP contribution >= 0.6 is 0 Å². The molecule has 0 N–H and O–H groups in total. The predicted octanol–water partition coefficient (Wildman–Crippen LogP) is 0.610. The fraction of sp³-hybridized carbons (Fsp3) is 0.444. The van der Waals surface area contributed by atoms with E-state index in [0.717, 1.165) is 18.1 Å². The summed E-state index contributed by atoms with van der Waals surface area (Å²) in [6, 6.07) is 0. The molecule has 0 aliphatic carbocycles. The van der Waals surface area contributed by atoms with Crippen LogP contribution in [0.5, 0.6) is 5.75 Å². The van der Waals surface area contributed by atoms with Gasteiger partial charge in [-0.3, -0.25) is 4.68 Å². The molecule has 2 aromatic heterocycles. The van der Waals surface area contributed by atoms with Crippen molar-refractivity contribution in [2.24, 2.45) is 7.05 Å². The van der Waals surface area contributed by atoms with Crippen LogP contribution in [0.3, 0.4) is 0 Å². The SMILES string of the molecule is CCn1ncnc1COc1cnn(C)c1. The molecule has 0 aliphatic rings. The number of nitrogens with zero attached hydrogens (tertiary/aromatic N) is 5. The van der Waals surface area contributed by atoms with Crippen LogP contribution in [0.1, 0.15) is 12.7 Å². The molecule has 0 atom stereocenters. The highest BCUT2D eigenvalue weighted by Gasteiger charge is 2.04. The van der Waals surface area contributed by atoms with E-state index in [-0.39, 0.29) is 0 Å². The molecule has 2 heterocycles. The van der Waals surface area contributed by atoms with Crippen LogP contribution in [0, 0.1) is 0 Å².